The molecule has 2 aromatic carbocycles. The predicted molar refractivity (Wildman–Crippen MR) is 121 cm³/mol. The van der Waals surface area contributed by atoms with E-state index in [0.717, 1.165) is 23.7 Å². The monoisotopic (exact) mass is 374 g/mol. The van der Waals surface area contributed by atoms with E-state index in [9.17, 15) is 0 Å². The largest absolute Gasteiger partial charge is 0.0625 e. The lowest BCUT2D eigenvalue weighted by molar-refractivity contribution is 0.105. The minimum atomic E-state index is 0.172. The Hall–Kier alpha value is -1.56. The second-order valence-electron chi connectivity index (χ2n) is 10.9. The molecule has 0 amide bonds. The van der Waals surface area contributed by atoms with Gasteiger partial charge >= 0.3 is 0 Å². The number of hydrogen-bond donors (Lipinski definition) is 0. The molecule has 2 aliphatic carbocycles. The van der Waals surface area contributed by atoms with Crippen LogP contribution in [0.25, 0.3) is 0 Å². The van der Waals surface area contributed by atoms with Crippen molar-refractivity contribution in [2.75, 3.05) is 0 Å². The molecule has 28 heavy (non-hydrogen) atoms. The summed E-state index contributed by atoms with van der Waals surface area (Å²) in [5.41, 5.74) is 6.40. The SMILES string of the molecule is Cc1ccc(C2(c3ccc(C)cc3)CCC3C(C(C)C)CC(C)(C)C3C2)cc1. The molecule has 0 aromatic heterocycles. The normalized spacial score (nSPS) is 28.3. The van der Waals surface area contributed by atoms with Crippen LogP contribution >= 0.6 is 0 Å². The molecule has 0 aliphatic heterocycles. The Bertz CT molecular complexity index is 761. The molecule has 0 bridgehead atoms. The van der Waals surface area contributed by atoms with Crippen LogP contribution in [0.4, 0.5) is 0 Å². The van der Waals surface area contributed by atoms with Crippen molar-refractivity contribution in [3.63, 3.8) is 0 Å². The van der Waals surface area contributed by atoms with Crippen LogP contribution in [0.1, 0.15) is 75.6 Å². The van der Waals surface area contributed by atoms with Crippen molar-refractivity contribution in [1.29, 1.82) is 0 Å². The summed E-state index contributed by atoms with van der Waals surface area (Å²) < 4.78 is 0. The van der Waals surface area contributed by atoms with Crippen LogP contribution in [0.2, 0.25) is 0 Å². The summed E-state index contributed by atoms with van der Waals surface area (Å²) in [5, 5.41) is 0. The zero-order valence-electron chi connectivity index (χ0n) is 18.8. The highest BCUT2D eigenvalue weighted by molar-refractivity contribution is 5.42. The van der Waals surface area contributed by atoms with Gasteiger partial charge in [0.25, 0.3) is 0 Å². The zero-order chi connectivity index (χ0) is 20.1. The van der Waals surface area contributed by atoms with E-state index in [1.165, 1.54) is 47.9 Å². The first-order chi connectivity index (χ1) is 13.2. The van der Waals surface area contributed by atoms with E-state index in [2.05, 4.69) is 90.1 Å². The average Bonchev–Trinajstić information content (AvgIpc) is 2.93. The molecule has 0 radical (unpaired) electrons. The molecule has 2 aliphatic rings. The lowest BCUT2D eigenvalue weighted by Crippen LogP contribution is -2.41. The highest BCUT2D eigenvalue weighted by Crippen LogP contribution is 2.62. The molecule has 0 saturated heterocycles. The summed E-state index contributed by atoms with van der Waals surface area (Å²) >= 11 is 0. The van der Waals surface area contributed by atoms with E-state index in [-0.39, 0.29) is 5.41 Å². The van der Waals surface area contributed by atoms with Crippen molar-refractivity contribution < 1.29 is 0 Å². The van der Waals surface area contributed by atoms with Crippen LogP contribution in [0.5, 0.6) is 0 Å². The van der Waals surface area contributed by atoms with Gasteiger partial charge in [0.2, 0.25) is 0 Å². The van der Waals surface area contributed by atoms with Crippen molar-refractivity contribution in [1.82, 2.24) is 0 Å². The lowest BCUT2D eigenvalue weighted by atomic mass is 9.56. The molecule has 0 N–H and O–H groups in total. The van der Waals surface area contributed by atoms with Crippen LogP contribution in [-0.4, -0.2) is 0 Å². The fourth-order valence-corrected chi connectivity index (χ4v) is 6.69. The van der Waals surface area contributed by atoms with Gasteiger partial charge in [0.05, 0.1) is 0 Å². The lowest BCUT2D eigenvalue weighted by Gasteiger charge is -2.48. The van der Waals surface area contributed by atoms with E-state index in [4.69, 9.17) is 0 Å². The molecule has 0 heteroatoms. The first-order valence-electron chi connectivity index (χ1n) is 11.4. The first-order valence-corrected chi connectivity index (χ1v) is 11.4. The van der Waals surface area contributed by atoms with E-state index in [1.807, 2.05) is 0 Å². The summed E-state index contributed by atoms with van der Waals surface area (Å²) in [4.78, 5) is 0. The third kappa shape index (κ3) is 3.23. The van der Waals surface area contributed by atoms with Crippen LogP contribution in [-0.2, 0) is 5.41 Å². The second-order valence-corrected chi connectivity index (χ2v) is 10.9. The van der Waals surface area contributed by atoms with Gasteiger partial charge in [-0.2, -0.15) is 0 Å². The molecule has 3 atom stereocenters. The van der Waals surface area contributed by atoms with Crippen molar-refractivity contribution >= 4 is 0 Å². The summed E-state index contributed by atoms with van der Waals surface area (Å²) in [7, 11) is 0. The molecule has 2 fully saturated rings. The van der Waals surface area contributed by atoms with Crippen LogP contribution in [0.15, 0.2) is 48.5 Å². The van der Waals surface area contributed by atoms with E-state index in [1.54, 1.807) is 0 Å². The summed E-state index contributed by atoms with van der Waals surface area (Å²) in [6.07, 6.45) is 5.37. The van der Waals surface area contributed by atoms with E-state index in [0.29, 0.717) is 5.41 Å². The van der Waals surface area contributed by atoms with Gasteiger partial charge in [-0.15, -0.1) is 0 Å². The van der Waals surface area contributed by atoms with Gasteiger partial charge in [0.15, 0.2) is 0 Å². The van der Waals surface area contributed by atoms with E-state index < -0.39 is 0 Å². The molecule has 0 spiro atoms. The third-order valence-corrected chi connectivity index (χ3v) is 8.37. The van der Waals surface area contributed by atoms with Crippen molar-refractivity contribution in [3.05, 3.63) is 70.8 Å². The summed E-state index contributed by atoms with van der Waals surface area (Å²) in [6.45, 7) is 14.4. The van der Waals surface area contributed by atoms with Gasteiger partial charge < -0.3 is 0 Å². The fourth-order valence-electron chi connectivity index (χ4n) is 6.69. The Morgan fingerprint density at radius 2 is 1.29 bits per heavy atom. The molecule has 3 unspecified atom stereocenters. The minimum absolute atomic E-state index is 0.172. The van der Waals surface area contributed by atoms with Crippen LogP contribution in [0.3, 0.4) is 0 Å². The smallest absolute Gasteiger partial charge is 0.0206 e. The third-order valence-electron chi connectivity index (χ3n) is 8.37. The molecular formula is C28H38. The van der Waals surface area contributed by atoms with Gasteiger partial charge in [0.1, 0.15) is 0 Å². The fraction of sp³-hybridized carbons (Fsp3) is 0.571. The standard InChI is InChI=1S/C28H38/c1-19(2)25-17-27(5,6)26-18-28(16-15-24(25)26,22-11-7-20(3)8-12-22)23-13-9-21(4)10-14-23/h7-14,19,24-26H,15-18H2,1-6H3. The number of benzene rings is 2. The summed E-state index contributed by atoms with van der Waals surface area (Å²) in [5.74, 6) is 3.42. The van der Waals surface area contributed by atoms with Crippen molar-refractivity contribution in [2.45, 2.75) is 72.6 Å². The van der Waals surface area contributed by atoms with Crippen LogP contribution < -0.4 is 0 Å². The maximum absolute atomic E-state index is 2.55. The summed E-state index contributed by atoms with van der Waals surface area (Å²) in [6, 6.07) is 18.9. The van der Waals surface area contributed by atoms with Gasteiger partial charge in [-0.25, -0.2) is 0 Å². The minimum Gasteiger partial charge on any atom is -0.0625 e. The number of aryl methyl sites for hydroxylation is 2. The van der Waals surface area contributed by atoms with Gasteiger partial charge in [-0.05, 0) is 79.7 Å². The maximum atomic E-state index is 2.55. The Morgan fingerprint density at radius 1 is 0.786 bits per heavy atom. The van der Waals surface area contributed by atoms with Crippen molar-refractivity contribution in [2.24, 2.45) is 29.1 Å². The molecule has 2 aromatic rings. The molecule has 4 rings (SSSR count). The molecule has 150 valence electrons. The highest BCUT2D eigenvalue weighted by Gasteiger charge is 2.55. The number of hydrogen-bond acceptors (Lipinski definition) is 0. The topological polar surface area (TPSA) is 0 Å². The quantitative estimate of drug-likeness (QED) is 0.516. The molecule has 0 nitrogen and oxygen atoms in total. The van der Waals surface area contributed by atoms with Gasteiger partial charge in [-0.1, -0.05) is 87.4 Å². The van der Waals surface area contributed by atoms with Crippen molar-refractivity contribution in [3.8, 4) is 0 Å². The highest BCUT2D eigenvalue weighted by atomic mass is 14.6. The maximum Gasteiger partial charge on any atom is 0.0206 e. The number of rotatable bonds is 3. The molecule has 2 saturated carbocycles. The Morgan fingerprint density at radius 3 is 1.75 bits per heavy atom. The average molecular weight is 375 g/mol. The predicted octanol–water partition coefficient (Wildman–Crippen LogP) is 7.71. The second kappa shape index (κ2) is 7.05. The number of fused-ring (bicyclic) bond motifs is 1. The van der Waals surface area contributed by atoms with Crippen LogP contribution in [0, 0.1) is 42.9 Å². The first kappa shape index (κ1) is 19.7. The molecular weight excluding hydrogens is 336 g/mol. The van der Waals surface area contributed by atoms with Gasteiger partial charge in [0, 0.05) is 5.41 Å². The molecule has 0 heterocycles. The Kier molecular flexibility index (Phi) is 4.97. The zero-order valence-corrected chi connectivity index (χ0v) is 18.8. The van der Waals surface area contributed by atoms with Gasteiger partial charge in [-0.3, -0.25) is 0 Å². The van der Waals surface area contributed by atoms with E-state index >= 15 is 0 Å². The Labute approximate surface area is 172 Å². The Balaban J connectivity index is 1.80.